The van der Waals surface area contributed by atoms with E-state index in [0.29, 0.717) is 23.1 Å². The lowest BCUT2D eigenvalue weighted by atomic mass is 10.1. The van der Waals surface area contributed by atoms with Gasteiger partial charge in [0, 0.05) is 25.7 Å². The molecule has 0 unspecified atom stereocenters. The number of rotatable bonds is 10. The number of para-hydroxylation sites is 1. The van der Waals surface area contributed by atoms with Crippen molar-refractivity contribution in [3.8, 4) is 23.1 Å². The van der Waals surface area contributed by atoms with Crippen molar-refractivity contribution >= 4 is 16.9 Å². The number of H-pyrrole nitrogens is 1. The monoisotopic (exact) mass is 499 g/mol. The maximum Gasteiger partial charge on any atom is 0.235 e. The third-order valence-corrected chi connectivity index (χ3v) is 6.19. The fourth-order valence-corrected chi connectivity index (χ4v) is 4.37. The number of ether oxygens (including phenoxy) is 2. The van der Waals surface area contributed by atoms with Crippen molar-refractivity contribution < 1.29 is 9.47 Å². The first-order valence-electron chi connectivity index (χ1n) is 12.6. The Balaban J connectivity index is 1.25. The molecule has 0 aliphatic carbocycles. The normalized spacial score (nSPS) is 16.5. The van der Waals surface area contributed by atoms with E-state index in [1.165, 1.54) is 6.33 Å². The predicted molar refractivity (Wildman–Crippen MR) is 145 cm³/mol. The van der Waals surface area contributed by atoms with E-state index < -0.39 is 0 Å². The number of piperidine rings is 1. The SMILES string of the molecule is CN(C)CC=CCN1CCC[C@@H](Nc2n[nH]c3ncnc(Oc4ccc(Oc5ccccc5)cc4)c23)C1. The van der Waals surface area contributed by atoms with Crippen molar-refractivity contribution in [1.82, 2.24) is 30.0 Å². The average Bonchev–Trinajstić information content (AvgIpc) is 3.32. The zero-order valence-electron chi connectivity index (χ0n) is 21.3. The molecule has 3 heterocycles. The summed E-state index contributed by atoms with van der Waals surface area (Å²) in [4.78, 5) is 13.4. The second-order valence-corrected chi connectivity index (χ2v) is 9.44. The van der Waals surface area contributed by atoms with Gasteiger partial charge in [-0.05, 0) is 69.9 Å². The van der Waals surface area contributed by atoms with E-state index in [1.54, 1.807) is 0 Å². The Kier molecular flexibility index (Phi) is 7.93. The van der Waals surface area contributed by atoms with E-state index in [9.17, 15) is 0 Å². The highest BCUT2D eigenvalue weighted by atomic mass is 16.5. The summed E-state index contributed by atoms with van der Waals surface area (Å²) in [6.07, 6.45) is 8.18. The van der Waals surface area contributed by atoms with Crippen LogP contribution in [0, 0.1) is 0 Å². The third kappa shape index (κ3) is 6.63. The smallest absolute Gasteiger partial charge is 0.235 e. The van der Waals surface area contributed by atoms with Crippen molar-refractivity contribution in [2.75, 3.05) is 45.6 Å². The molecule has 0 bridgehead atoms. The summed E-state index contributed by atoms with van der Waals surface area (Å²) in [5.74, 6) is 3.34. The van der Waals surface area contributed by atoms with Gasteiger partial charge in [-0.3, -0.25) is 10.00 Å². The fraction of sp³-hybridized carbons (Fsp3) is 0.321. The molecule has 0 amide bonds. The molecule has 1 fully saturated rings. The molecule has 4 aromatic rings. The number of anilines is 1. The van der Waals surface area contributed by atoms with Crippen LogP contribution in [-0.4, -0.2) is 76.3 Å². The Bertz CT molecular complexity index is 1310. The number of fused-ring (bicyclic) bond motifs is 1. The van der Waals surface area contributed by atoms with Gasteiger partial charge in [0.25, 0.3) is 0 Å². The van der Waals surface area contributed by atoms with Crippen LogP contribution in [0.2, 0.25) is 0 Å². The van der Waals surface area contributed by atoms with Crippen LogP contribution in [0.4, 0.5) is 5.82 Å². The van der Waals surface area contributed by atoms with Gasteiger partial charge in [-0.2, -0.15) is 5.10 Å². The summed E-state index contributed by atoms with van der Waals surface area (Å²) in [6, 6.07) is 17.4. The molecule has 1 saturated heterocycles. The first-order chi connectivity index (χ1) is 18.1. The molecule has 9 nitrogen and oxygen atoms in total. The zero-order valence-corrected chi connectivity index (χ0v) is 21.3. The van der Waals surface area contributed by atoms with Gasteiger partial charge < -0.3 is 19.7 Å². The Morgan fingerprint density at radius 1 is 1.00 bits per heavy atom. The maximum absolute atomic E-state index is 6.16. The van der Waals surface area contributed by atoms with Crippen LogP contribution in [-0.2, 0) is 0 Å². The fourth-order valence-electron chi connectivity index (χ4n) is 4.37. The summed E-state index contributed by atoms with van der Waals surface area (Å²) >= 11 is 0. The van der Waals surface area contributed by atoms with Gasteiger partial charge in [-0.1, -0.05) is 30.4 Å². The van der Waals surface area contributed by atoms with Crippen LogP contribution in [0.3, 0.4) is 0 Å². The number of nitrogens with zero attached hydrogens (tertiary/aromatic N) is 5. The van der Waals surface area contributed by atoms with Crippen LogP contribution in [0.5, 0.6) is 23.1 Å². The second kappa shape index (κ2) is 11.9. The predicted octanol–water partition coefficient (Wildman–Crippen LogP) is 4.93. The van der Waals surface area contributed by atoms with Crippen LogP contribution >= 0.6 is 0 Å². The van der Waals surface area contributed by atoms with Crippen molar-refractivity contribution in [2.45, 2.75) is 18.9 Å². The topological polar surface area (TPSA) is 91.4 Å². The van der Waals surface area contributed by atoms with Gasteiger partial charge in [0.1, 0.15) is 29.0 Å². The van der Waals surface area contributed by atoms with Crippen molar-refractivity contribution in [3.05, 3.63) is 73.1 Å². The Morgan fingerprint density at radius 2 is 1.76 bits per heavy atom. The first-order valence-corrected chi connectivity index (χ1v) is 12.6. The summed E-state index contributed by atoms with van der Waals surface area (Å²) in [5.41, 5.74) is 0.635. The molecule has 1 aliphatic rings. The van der Waals surface area contributed by atoms with Gasteiger partial charge in [0.15, 0.2) is 11.5 Å². The minimum absolute atomic E-state index is 0.282. The van der Waals surface area contributed by atoms with Gasteiger partial charge in [0.2, 0.25) is 5.88 Å². The van der Waals surface area contributed by atoms with Gasteiger partial charge in [-0.15, -0.1) is 0 Å². The molecule has 0 spiro atoms. The molecule has 5 rings (SSSR count). The molecule has 2 N–H and O–H groups in total. The third-order valence-electron chi connectivity index (χ3n) is 6.19. The number of aromatic amines is 1. The molecular weight excluding hydrogens is 466 g/mol. The highest BCUT2D eigenvalue weighted by Crippen LogP contribution is 2.33. The van der Waals surface area contributed by atoms with Crippen LogP contribution in [0.25, 0.3) is 11.0 Å². The quantitative estimate of drug-likeness (QED) is 0.297. The maximum atomic E-state index is 6.16. The standard InChI is InChI=1S/C28H33N7O2/c1-34(2)16-6-7-17-35-18-8-9-21(19-35)31-27-25-26(32-33-27)29-20-30-28(25)37-24-14-12-23(13-15-24)36-22-10-4-3-5-11-22/h3-7,10-15,20-21H,8-9,16-19H2,1-2H3,(H2,29,30,31,32,33)/t21-/m1/s1. The molecule has 0 radical (unpaired) electrons. The molecule has 1 aliphatic heterocycles. The van der Waals surface area contributed by atoms with Crippen LogP contribution in [0.15, 0.2) is 73.1 Å². The summed E-state index contributed by atoms with van der Waals surface area (Å²) in [7, 11) is 4.16. The molecule has 1 atom stereocenters. The number of aromatic nitrogens is 4. The van der Waals surface area contributed by atoms with Crippen LogP contribution < -0.4 is 14.8 Å². The van der Waals surface area contributed by atoms with E-state index in [4.69, 9.17) is 9.47 Å². The number of nitrogens with one attached hydrogen (secondary N) is 2. The minimum Gasteiger partial charge on any atom is -0.457 e. The molecule has 37 heavy (non-hydrogen) atoms. The van der Waals surface area contributed by atoms with Crippen molar-refractivity contribution in [2.24, 2.45) is 0 Å². The first kappa shape index (κ1) is 24.7. The molecule has 0 saturated carbocycles. The Morgan fingerprint density at radius 3 is 2.54 bits per heavy atom. The number of benzene rings is 2. The lowest BCUT2D eigenvalue weighted by Gasteiger charge is -2.32. The molecule has 192 valence electrons. The van der Waals surface area contributed by atoms with E-state index in [1.807, 2.05) is 54.6 Å². The Labute approximate surface area is 217 Å². The zero-order chi connectivity index (χ0) is 25.5. The van der Waals surface area contributed by atoms with E-state index in [2.05, 4.69) is 61.5 Å². The summed E-state index contributed by atoms with van der Waals surface area (Å²) in [6.45, 7) is 3.97. The second-order valence-electron chi connectivity index (χ2n) is 9.44. The lowest BCUT2D eigenvalue weighted by molar-refractivity contribution is 0.237. The molecule has 9 heteroatoms. The number of likely N-dealkylation sites (N-methyl/N-ethyl adjacent to an activating group) is 1. The van der Waals surface area contributed by atoms with Crippen LogP contribution in [0.1, 0.15) is 12.8 Å². The van der Waals surface area contributed by atoms with E-state index in [-0.39, 0.29) is 6.04 Å². The number of hydrogen-bond acceptors (Lipinski definition) is 8. The summed E-state index contributed by atoms with van der Waals surface area (Å²) < 4.78 is 12.0. The van der Waals surface area contributed by atoms with Gasteiger partial charge in [0.05, 0.1) is 0 Å². The number of hydrogen-bond donors (Lipinski definition) is 2. The van der Waals surface area contributed by atoms with Gasteiger partial charge >= 0.3 is 0 Å². The highest BCUT2D eigenvalue weighted by molar-refractivity contribution is 5.91. The number of likely N-dealkylation sites (tertiary alicyclic amines) is 1. The molecular formula is C28H33N7O2. The molecule has 2 aromatic heterocycles. The Hall–Kier alpha value is -3.95. The highest BCUT2D eigenvalue weighted by Gasteiger charge is 2.22. The largest absolute Gasteiger partial charge is 0.457 e. The van der Waals surface area contributed by atoms with Crippen molar-refractivity contribution in [1.29, 1.82) is 0 Å². The minimum atomic E-state index is 0.282. The van der Waals surface area contributed by atoms with E-state index in [0.717, 1.165) is 55.9 Å². The van der Waals surface area contributed by atoms with E-state index >= 15 is 0 Å². The summed E-state index contributed by atoms with van der Waals surface area (Å²) in [5, 5.41) is 11.9. The van der Waals surface area contributed by atoms with Gasteiger partial charge in [-0.25, -0.2) is 9.97 Å². The lowest BCUT2D eigenvalue weighted by Crippen LogP contribution is -2.42. The van der Waals surface area contributed by atoms with Crippen molar-refractivity contribution in [3.63, 3.8) is 0 Å². The molecule has 2 aromatic carbocycles. The average molecular weight is 500 g/mol.